The van der Waals surface area contributed by atoms with Crippen LogP contribution in [0.1, 0.15) is 46.5 Å². The predicted molar refractivity (Wildman–Crippen MR) is 79.2 cm³/mol. The van der Waals surface area contributed by atoms with Gasteiger partial charge in [-0.25, -0.2) is 0 Å². The van der Waals surface area contributed by atoms with E-state index in [1.54, 1.807) is 0 Å². The van der Waals surface area contributed by atoms with Crippen LogP contribution in [0.25, 0.3) is 0 Å². The van der Waals surface area contributed by atoms with Crippen molar-refractivity contribution in [1.29, 1.82) is 0 Å². The molecule has 0 saturated heterocycles. The molecule has 0 amide bonds. The monoisotopic (exact) mass is 272 g/mol. The van der Waals surface area contributed by atoms with Crippen molar-refractivity contribution in [2.24, 2.45) is 5.92 Å². The summed E-state index contributed by atoms with van der Waals surface area (Å²) in [6.07, 6.45) is 4.10. The van der Waals surface area contributed by atoms with E-state index in [1.807, 2.05) is 0 Å². The zero-order chi connectivity index (χ0) is 14.3. The van der Waals surface area contributed by atoms with Gasteiger partial charge in [0.2, 0.25) is 0 Å². The second kappa shape index (κ2) is 8.20. The number of likely N-dealkylation sites (N-methyl/N-ethyl adjacent to an activating group) is 1. The van der Waals surface area contributed by atoms with Crippen LogP contribution in [0.5, 0.6) is 0 Å². The maximum atomic E-state index is 10.1. The number of nitrogens with one attached hydrogen (secondary N) is 1. The summed E-state index contributed by atoms with van der Waals surface area (Å²) in [7, 11) is 0. The molecule has 3 atom stereocenters. The number of β-amino-alcohol motifs (C(OH)–C–C–N with tert-alkyl or cyclic N) is 1. The molecule has 1 rings (SSSR count). The second-order valence-electron chi connectivity index (χ2n) is 6.16. The first-order valence-corrected chi connectivity index (χ1v) is 7.81. The van der Waals surface area contributed by atoms with Gasteiger partial charge in [-0.05, 0) is 31.8 Å². The van der Waals surface area contributed by atoms with Gasteiger partial charge in [0.25, 0.3) is 0 Å². The zero-order valence-electron chi connectivity index (χ0n) is 12.9. The van der Waals surface area contributed by atoms with E-state index < -0.39 is 0 Å². The molecule has 0 spiro atoms. The standard InChI is InChI=1S/C15H32N2O2/c1-4-17(5-2)11-14(19)10-16-15(12-18)8-6-7-13(3)9-15/h13-14,16,18-19H,4-12H2,1-3H3. The third-order valence-corrected chi connectivity index (χ3v) is 4.47. The van der Waals surface area contributed by atoms with E-state index in [2.05, 4.69) is 31.0 Å². The molecule has 0 heterocycles. The Kier molecular flexibility index (Phi) is 7.29. The first kappa shape index (κ1) is 16.9. The van der Waals surface area contributed by atoms with Crippen molar-refractivity contribution in [1.82, 2.24) is 10.2 Å². The van der Waals surface area contributed by atoms with Crippen molar-refractivity contribution in [3.05, 3.63) is 0 Å². The zero-order valence-corrected chi connectivity index (χ0v) is 12.9. The first-order valence-electron chi connectivity index (χ1n) is 7.81. The van der Waals surface area contributed by atoms with Crippen LogP contribution in [-0.4, -0.2) is 59.5 Å². The fourth-order valence-corrected chi connectivity index (χ4v) is 3.20. The molecule has 0 aromatic heterocycles. The van der Waals surface area contributed by atoms with E-state index in [9.17, 15) is 10.2 Å². The molecule has 0 aromatic carbocycles. The fraction of sp³-hybridized carbons (Fsp3) is 1.00. The molecule has 114 valence electrons. The molecule has 0 aromatic rings. The summed E-state index contributed by atoms with van der Waals surface area (Å²) in [5.41, 5.74) is -0.165. The van der Waals surface area contributed by atoms with Crippen LogP contribution in [0, 0.1) is 5.92 Å². The Balaban J connectivity index is 2.40. The number of hydrogen-bond donors (Lipinski definition) is 3. The van der Waals surface area contributed by atoms with Crippen molar-refractivity contribution in [2.45, 2.75) is 58.1 Å². The Morgan fingerprint density at radius 3 is 2.58 bits per heavy atom. The normalized spacial score (nSPS) is 29.7. The number of aliphatic hydroxyl groups excluding tert-OH is 2. The lowest BCUT2D eigenvalue weighted by Gasteiger charge is -2.40. The highest BCUT2D eigenvalue weighted by atomic mass is 16.3. The molecule has 1 saturated carbocycles. The average Bonchev–Trinajstić information content (AvgIpc) is 2.42. The molecular weight excluding hydrogens is 240 g/mol. The molecular formula is C15H32N2O2. The lowest BCUT2D eigenvalue weighted by molar-refractivity contribution is 0.0665. The number of hydrogen-bond acceptors (Lipinski definition) is 4. The van der Waals surface area contributed by atoms with E-state index in [-0.39, 0.29) is 18.2 Å². The van der Waals surface area contributed by atoms with Crippen molar-refractivity contribution in [3.63, 3.8) is 0 Å². The minimum Gasteiger partial charge on any atom is -0.394 e. The molecule has 3 unspecified atom stereocenters. The van der Waals surface area contributed by atoms with Crippen LogP contribution in [0.15, 0.2) is 0 Å². The predicted octanol–water partition coefficient (Wildman–Crippen LogP) is 1.22. The molecule has 4 heteroatoms. The van der Waals surface area contributed by atoms with Gasteiger partial charge < -0.3 is 20.4 Å². The summed E-state index contributed by atoms with van der Waals surface area (Å²) in [5, 5.41) is 23.2. The molecule has 19 heavy (non-hydrogen) atoms. The molecule has 0 aliphatic heterocycles. The van der Waals surface area contributed by atoms with Gasteiger partial charge in [-0.1, -0.05) is 33.6 Å². The third-order valence-electron chi connectivity index (χ3n) is 4.47. The van der Waals surface area contributed by atoms with E-state index in [0.29, 0.717) is 19.0 Å². The van der Waals surface area contributed by atoms with Crippen molar-refractivity contribution < 1.29 is 10.2 Å². The maximum Gasteiger partial charge on any atom is 0.0791 e. The van der Waals surface area contributed by atoms with Crippen LogP contribution >= 0.6 is 0 Å². The summed E-state index contributed by atoms with van der Waals surface area (Å²) in [5.74, 6) is 0.660. The van der Waals surface area contributed by atoms with Gasteiger partial charge in [-0.2, -0.15) is 0 Å². The SMILES string of the molecule is CCN(CC)CC(O)CNC1(CO)CCCC(C)C1. The topological polar surface area (TPSA) is 55.7 Å². The van der Waals surface area contributed by atoms with Crippen molar-refractivity contribution in [2.75, 3.05) is 32.8 Å². The Labute approximate surface area is 118 Å². The number of aliphatic hydroxyl groups is 2. The van der Waals surface area contributed by atoms with Crippen LogP contribution in [-0.2, 0) is 0 Å². The minimum atomic E-state index is -0.361. The second-order valence-corrected chi connectivity index (χ2v) is 6.16. The average molecular weight is 272 g/mol. The largest absolute Gasteiger partial charge is 0.394 e. The maximum absolute atomic E-state index is 10.1. The van der Waals surface area contributed by atoms with Gasteiger partial charge in [-0.3, -0.25) is 0 Å². The Bertz CT molecular complexity index is 246. The van der Waals surface area contributed by atoms with Gasteiger partial charge in [-0.15, -0.1) is 0 Å². The summed E-state index contributed by atoms with van der Waals surface area (Å²) >= 11 is 0. The molecule has 3 N–H and O–H groups in total. The number of rotatable bonds is 8. The third kappa shape index (κ3) is 5.38. The van der Waals surface area contributed by atoms with Crippen LogP contribution in [0.4, 0.5) is 0 Å². The van der Waals surface area contributed by atoms with Crippen molar-refractivity contribution in [3.8, 4) is 0 Å². The van der Waals surface area contributed by atoms with Gasteiger partial charge in [0, 0.05) is 18.6 Å². The quantitative estimate of drug-likeness (QED) is 0.622. The summed E-state index contributed by atoms with van der Waals surface area (Å²) < 4.78 is 0. The highest BCUT2D eigenvalue weighted by Gasteiger charge is 2.34. The summed E-state index contributed by atoms with van der Waals surface area (Å²) in [6, 6.07) is 0. The van der Waals surface area contributed by atoms with E-state index in [1.165, 1.54) is 12.8 Å². The van der Waals surface area contributed by atoms with Crippen LogP contribution in [0.2, 0.25) is 0 Å². The van der Waals surface area contributed by atoms with E-state index >= 15 is 0 Å². The highest BCUT2D eigenvalue weighted by Crippen LogP contribution is 2.31. The minimum absolute atomic E-state index is 0.165. The smallest absolute Gasteiger partial charge is 0.0791 e. The van der Waals surface area contributed by atoms with Gasteiger partial charge in [0.15, 0.2) is 0 Å². The van der Waals surface area contributed by atoms with E-state index in [4.69, 9.17) is 0 Å². The van der Waals surface area contributed by atoms with E-state index in [0.717, 1.165) is 25.9 Å². The Morgan fingerprint density at radius 1 is 1.37 bits per heavy atom. The molecule has 1 aliphatic carbocycles. The molecule has 1 aliphatic rings. The fourth-order valence-electron chi connectivity index (χ4n) is 3.20. The summed E-state index contributed by atoms with van der Waals surface area (Å²) in [4.78, 5) is 2.22. The molecule has 0 radical (unpaired) electrons. The van der Waals surface area contributed by atoms with Gasteiger partial charge >= 0.3 is 0 Å². The van der Waals surface area contributed by atoms with Crippen molar-refractivity contribution >= 4 is 0 Å². The number of nitrogens with zero attached hydrogens (tertiary/aromatic N) is 1. The van der Waals surface area contributed by atoms with Crippen LogP contribution in [0.3, 0.4) is 0 Å². The van der Waals surface area contributed by atoms with Crippen LogP contribution < -0.4 is 5.32 Å². The van der Waals surface area contributed by atoms with Gasteiger partial charge in [0.05, 0.1) is 12.7 Å². The lowest BCUT2D eigenvalue weighted by Crippen LogP contribution is -2.54. The summed E-state index contributed by atoms with van der Waals surface area (Å²) in [6.45, 7) is 9.86. The molecule has 4 nitrogen and oxygen atoms in total. The van der Waals surface area contributed by atoms with Gasteiger partial charge in [0.1, 0.15) is 0 Å². The highest BCUT2D eigenvalue weighted by molar-refractivity contribution is 4.93. The lowest BCUT2D eigenvalue weighted by atomic mass is 9.77. The molecule has 1 fully saturated rings. The Hall–Kier alpha value is -0.160. The molecule has 0 bridgehead atoms. The Morgan fingerprint density at radius 2 is 2.05 bits per heavy atom. The first-order chi connectivity index (χ1) is 9.05.